The lowest BCUT2D eigenvalue weighted by atomic mass is 9.97. The number of hydrogen-bond donors (Lipinski definition) is 0. The standard InChI is InChI=1S/C67H40N6O2/c68-41-48-63(69-49-27-7-1-21-42(49)43-22-2-8-28-50(43)69)65(72-55-33-13-17-37-59(55)74-60-38-18-14-34-56(60)72)67(71-53-31-11-5-25-46(53)47-26-6-12-32-54(47)71)66(73-57-35-15-19-39-61(57)75-62-40-20-16-36-58(62)73)64(48)70-51-29-9-3-23-44(51)45-24-4-10-30-52(45)70/h1-40H. The van der Waals surface area contributed by atoms with Crippen LogP contribution in [0.15, 0.2) is 243 Å². The number of rotatable bonds is 5. The van der Waals surface area contributed by atoms with Gasteiger partial charge in [0.15, 0.2) is 23.0 Å². The van der Waals surface area contributed by atoms with Gasteiger partial charge in [0.1, 0.15) is 11.6 Å². The van der Waals surface area contributed by atoms with Crippen molar-refractivity contribution in [2.75, 3.05) is 9.80 Å². The van der Waals surface area contributed by atoms with Gasteiger partial charge in [-0.15, -0.1) is 0 Å². The molecule has 16 rings (SSSR count). The van der Waals surface area contributed by atoms with Crippen LogP contribution in [0, 0.1) is 11.3 Å². The fourth-order valence-electron chi connectivity index (χ4n) is 12.2. The van der Waals surface area contributed by atoms with Gasteiger partial charge in [-0.2, -0.15) is 5.26 Å². The van der Waals surface area contributed by atoms with Crippen LogP contribution in [0.1, 0.15) is 5.56 Å². The summed E-state index contributed by atoms with van der Waals surface area (Å²) >= 11 is 0. The molecule has 3 aromatic heterocycles. The van der Waals surface area contributed by atoms with Crippen LogP contribution in [-0.4, -0.2) is 13.7 Å². The van der Waals surface area contributed by atoms with Crippen molar-refractivity contribution in [2.24, 2.45) is 0 Å². The maximum absolute atomic E-state index is 12.9. The summed E-state index contributed by atoms with van der Waals surface area (Å²) in [5, 5.41) is 19.4. The average Bonchev–Trinajstić information content (AvgIpc) is 4.16. The number of aromatic nitrogens is 3. The highest BCUT2D eigenvalue weighted by Crippen LogP contribution is 2.62. The first kappa shape index (κ1) is 41.2. The van der Waals surface area contributed by atoms with Crippen LogP contribution < -0.4 is 19.3 Å². The smallest absolute Gasteiger partial charge is 0.151 e. The Morgan fingerprint density at radius 1 is 0.253 bits per heavy atom. The Bertz CT molecular complexity index is 4300. The predicted molar refractivity (Wildman–Crippen MR) is 304 cm³/mol. The molecular formula is C67H40N6O2. The maximum atomic E-state index is 12.9. The van der Waals surface area contributed by atoms with Gasteiger partial charge in [-0.05, 0) is 84.9 Å². The number of benzene rings is 11. The first-order valence-corrected chi connectivity index (χ1v) is 25.2. The summed E-state index contributed by atoms with van der Waals surface area (Å²) in [6, 6.07) is 87.7. The maximum Gasteiger partial charge on any atom is 0.151 e. The predicted octanol–water partition coefficient (Wildman–Crippen LogP) is 18.0. The van der Waals surface area contributed by atoms with Gasteiger partial charge >= 0.3 is 0 Å². The van der Waals surface area contributed by atoms with Crippen LogP contribution in [0.3, 0.4) is 0 Å². The van der Waals surface area contributed by atoms with Gasteiger partial charge < -0.3 is 23.2 Å². The van der Waals surface area contributed by atoms with Crippen molar-refractivity contribution in [3.05, 3.63) is 248 Å². The largest absolute Gasteiger partial charge is 0.453 e. The molecule has 0 amide bonds. The Hall–Kier alpha value is -10.5. The fraction of sp³-hybridized carbons (Fsp3) is 0. The Labute approximate surface area is 430 Å². The van der Waals surface area contributed by atoms with Gasteiger partial charge in [-0.1, -0.05) is 158 Å². The third-order valence-corrected chi connectivity index (χ3v) is 15.2. The molecule has 75 heavy (non-hydrogen) atoms. The number of ether oxygens (including phenoxy) is 2. The molecule has 8 nitrogen and oxygen atoms in total. The summed E-state index contributed by atoms with van der Waals surface area (Å²) in [6.07, 6.45) is 0. The van der Waals surface area contributed by atoms with Gasteiger partial charge in [-0.3, -0.25) is 9.80 Å². The van der Waals surface area contributed by atoms with Crippen molar-refractivity contribution in [2.45, 2.75) is 0 Å². The molecule has 2 aliphatic heterocycles. The van der Waals surface area contributed by atoms with Crippen LogP contribution in [0.5, 0.6) is 23.0 Å². The van der Waals surface area contributed by atoms with Crippen molar-refractivity contribution in [1.29, 1.82) is 5.26 Å². The zero-order valence-corrected chi connectivity index (χ0v) is 40.1. The minimum absolute atomic E-state index is 0.463. The summed E-state index contributed by atoms with van der Waals surface area (Å²) in [4.78, 5) is 4.70. The molecule has 0 spiro atoms. The molecule has 2 aliphatic rings. The third-order valence-electron chi connectivity index (χ3n) is 15.2. The lowest BCUT2D eigenvalue weighted by Gasteiger charge is -2.40. The molecule has 14 aromatic rings. The molecule has 8 heteroatoms. The van der Waals surface area contributed by atoms with Crippen LogP contribution in [0.4, 0.5) is 34.1 Å². The molecule has 0 radical (unpaired) electrons. The van der Waals surface area contributed by atoms with Crippen LogP contribution in [0.25, 0.3) is 82.5 Å². The Kier molecular flexibility index (Phi) is 8.65. The summed E-state index contributed by atoms with van der Waals surface area (Å²) < 4.78 is 20.9. The van der Waals surface area contributed by atoms with E-state index in [0.29, 0.717) is 39.9 Å². The molecule has 0 unspecified atom stereocenters. The highest BCUT2D eigenvalue weighted by molar-refractivity contribution is 6.17. The van der Waals surface area contributed by atoms with E-state index in [-0.39, 0.29) is 0 Å². The molecule has 0 saturated heterocycles. The van der Waals surface area contributed by atoms with Crippen LogP contribution in [0.2, 0.25) is 0 Å². The second-order valence-electron chi connectivity index (χ2n) is 19.1. The zero-order chi connectivity index (χ0) is 49.3. The number of fused-ring (bicyclic) bond motifs is 13. The van der Waals surface area contributed by atoms with Gasteiger partial charge in [0.2, 0.25) is 0 Å². The SMILES string of the molecule is N#Cc1c(-n2c3ccccc3c3ccccc32)c(N2c3ccccc3Oc3ccccc32)c(-n2c3ccccc3c3ccccc32)c(N2c3ccccc3Oc3ccccc32)c1-n1c2ccccc2c2ccccc21. The Balaban J connectivity index is 1.27. The molecule has 11 aromatic carbocycles. The topological polar surface area (TPSA) is 63.5 Å². The van der Waals surface area contributed by atoms with E-state index in [2.05, 4.69) is 224 Å². The molecule has 0 N–H and O–H groups in total. The molecule has 5 heterocycles. The van der Waals surface area contributed by atoms with E-state index in [9.17, 15) is 5.26 Å². The van der Waals surface area contributed by atoms with Gasteiger partial charge in [0.05, 0.1) is 84.3 Å². The number of anilines is 6. The summed E-state index contributed by atoms with van der Waals surface area (Å²) in [5.41, 5.74) is 13.4. The van der Waals surface area contributed by atoms with Crippen LogP contribution in [-0.2, 0) is 0 Å². The number of nitrogens with zero attached hydrogens (tertiary/aromatic N) is 6. The molecular weight excluding hydrogens is 921 g/mol. The first-order chi connectivity index (χ1) is 37.2. The second kappa shape index (κ2) is 15.8. The van der Waals surface area contributed by atoms with Gasteiger partial charge in [0.25, 0.3) is 0 Å². The van der Waals surface area contributed by atoms with E-state index in [0.717, 1.165) is 105 Å². The molecule has 0 bridgehead atoms. The van der Waals surface area contributed by atoms with Crippen molar-refractivity contribution in [1.82, 2.24) is 13.7 Å². The first-order valence-electron chi connectivity index (χ1n) is 25.2. The highest BCUT2D eigenvalue weighted by atomic mass is 16.5. The Morgan fingerprint density at radius 3 is 0.747 bits per heavy atom. The number of hydrogen-bond acceptors (Lipinski definition) is 5. The molecule has 350 valence electrons. The van der Waals surface area contributed by atoms with Crippen molar-refractivity contribution < 1.29 is 9.47 Å². The normalized spacial score (nSPS) is 12.7. The highest BCUT2D eigenvalue weighted by Gasteiger charge is 2.41. The Morgan fingerprint density at radius 2 is 0.480 bits per heavy atom. The third kappa shape index (κ3) is 5.69. The quantitative estimate of drug-likeness (QED) is 0.172. The van der Waals surface area contributed by atoms with E-state index >= 15 is 0 Å². The van der Waals surface area contributed by atoms with E-state index in [1.54, 1.807) is 0 Å². The molecule has 0 aliphatic carbocycles. The minimum atomic E-state index is 0.463. The van der Waals surface area contributed by atoms with E-state index < -0.39 is 0 Å². The van der Waals surface area contributed by atoms with Gasteiger partial charge in [0, 0.05) is 32.3 Å². The monoisotopic (exact) mass is 960 g/mol. The number of nitriles is 1. The van der Waals surface area contributed by atoms with Crippen molar-refractivity contribution in [3.63, 3.8) is 0 Å². The van der Waals surface area contributed by atoms with Crippen molar-refractivity contribution in [3.8, 4) is 46.1 Å². The van der Waals surface area contributed by atoms with E-state index in [1.807, 2.05) is 48.5 Å². The second-order valence-corrected chi connectivity index (χ2v) is 19.1. The minimum Gasteiger partial charge on any atom is -0.453 e. The average molecular weight is 961 g/mol. The molecule has 0 saturated carbocycles. The van der Waals surface area contributed by atoms with Gasteiger partial charge in [-0.25, -0.2) is 0 Å². The fourth-order valence-corrected chi connectivity index (χ4v) is 12.2. The van der Waals surface area contributed by atoms with E-state index in [4.69, 9.17) is 9.47 Å². The summed E-state index contributed by atoms with van der Waals surface area (Å²) in [5.74, 6) is 2.74. The molecule has 0 fully saturated rings. The van der Waals surface area contributed by atoms with Crippen LogP contribution >= 0.6 is 0 Å². The summed E-state index contributed by atoms with van der Waals surface area (Å²) in [7, 11) is 0. The zero-order valence-electron chi connectivity index (χ0n) is 40.1. The van der Waals surface area contributed by atoms with E-state index in [1.165, 1.54) is 0 Å². The summed E-state index contributed by atoms with van der Waals surface area (Å²) in [6.45, 7) is 0. The van der Waals surface area contributed by atoms with Crippen molar-refractivity contribution >= 4 is 99.5 Å². The lowest BCUT2D eigenvalue weighted by molar-refractivity contribution is 0.477. The molecule has 0 atom stereocenters. The lowest BCUT2D eigenvalue weighted by Crippen LogP contribution is -2.26. The number of para-hydroxylation sites is 14.